The van der Waals surface area contributed by atoms with E-state index in [1.165, 1.54) is 11.1 Å². The number of hydrogen-bond acceptors (Lipinski definition) is 6. The van der Waals surface area contributed by atoms with Crippen LogP contribution in [0.2, 0.25) is 0 Å². The predicted octanol–water partition coefficient (Wildman–Crippen LogP) is 3.16. The zero-order chi connectivity index (χ0) is 23.8. The summed E-state index contributed by atoms with van der Waals surface area (Å²) < 4.78 is 7.40. The van der Waals surface area contributed by atoms with Crippen molar-refractivity contribution in [2.45, 2.75) is 44.4 Å². The third kappa shape index (κ3) is 4.77. The molecular weight excluding hydrogens is 422 g/mol. The van der Waals surface area contributed by atoms with Crippen LogP contribution in [-0.4, -0.2) is 55.7 Å². The Bertz CT molecular complexity index is 1210. The summed E-state index contributed by atoms with van der Waals surface area (Å²) in [6.07, 6.45) is 2.99. The average molecular weight is 450 g/mol. The van der Waals surface area contributed by atoms with Gasteiger partial charge in [0.15, 0.2) is 0 Å². The molecule has 3 aromatic rings. The quantitative estimate of drug-likeness (QED) is 0.544. The molecule has 0 radical (unpaired) electrons. The van der Waals surface area contributed by atoms with Crippen LogP contribution in [0.1, 0.15) is 43.7 Å². The Labute approximate surface area is 191 Å². The second-order valence-corrected chi connectivity index (χ2v) is 9.04. The van der Waals surface area contributed by atoms with Gasteiger partial charge in [0.2, 0.25) is 0 Å². The van der Waals surface area contributed by atoms with Crippen LogP contribution in [0.3, 0.4) is 0 Å². The van der Waals surface area contributed by atoms with Crippen molar-refractivity contribution < 1.29 is 19.7 Å². The van der Waals surface area contributed by atoms with Crippen molar-refractivity contribution in [1.29, 1.82) is 5.26 Å². The van der Waals surface area contributed by atoms with Crippen molar-refractivity contribution in [1.82, 2.24) is 14.5 Å². The summed E-state index contributed by atoms with van der Waals surface area (Å²) in [4.78, 5) is 12.5. The number of hydrogen-bond donors (Lipinski definition) is 3. The number of piperidine rings is 1. The second kappa shape index (κ2) is 8.73. The van der Waals surface area contributed by atoms with Crippen LogP contribution in [0.4, 0.5) is 4.79 Å². The number of amides is 1. The zero-order valence-corrected chi connectivity index (χ0v) is 18.6. The summed E-state index contributed by atoms with van der Waals surface area (Å²) in [5, 5.41) is 33.1. The number of aromatic nitrogens is 2. The van der Waals surface area contributed by atoms with Crippen molar-refractivity contribution in [3.63, 3.8) is 0 Å². The standard InChI is InChI=1S/C24H27N5O4/c1-24(2,32)14-33-19-10-20(22-18(11-25)12-27-29(22)13-19)16-5-3-15(4-6-16)17-7-8-28(23(30)31)21(26)9-17/h3-6,10,12-13,17,21,32H,7-9,14,26H2,1-2H3,(H,30,31). The molecular formula is C24H27N5O4. The maximum atomic E-state index is 11.3. The molecule has 2 aromatic heterocycles. The van der Waals surface area contributed by atoms with Crippen LogP contribution in [0.15, 0.2) is 42.7 Å². The molecule has 0 aliphatic carbocycles. The van der Waals surface area contributed by atoms with Crippen molar-refractivity contribution in [3.05, 3.63) is 53.9 Å². The minimum absolute atomic E-state index is 0.110. The maximum absolute atomic E-state index is 11.3. The maximum Gasteiger partial charge on any atom is 0.408 e. The zero-order valence-electron chi connectivity index (χ0n) is 18.6. The fraction of sp³-hybridized carbons (Fsp3) is 0.375. The van der Waals surface area contributed by atoms with Gasteiger partial charge < -0.3 is 20.7 Å². The van der Waals surface area contributed by atoms with Crippen LogP contribution < -0.4 is 10.5 Å². The van der Waals surface area contributed by atoms with Crippen molar-refractivity contribution >= 4 is 11.6 Å². The van der Waals surface area contributed by atoms with Crippen LogP contribution in [0, 0.1) is 11.3 Å². The molecule has 0 spiro atoms. The van der Waals surface area contributed by atoms with Gasteiger partial charge in [-0.25, -0.2) is 9.31 Å². The number of likely N-dealkylation sites (tertiary alicyclic amines) is 1. The minimum Gasteiger partial charge on any atom is -0.489 e. The minimum atomic E-state index is -0.990. The molecule has 0 saturated carbocycles. The van der Waals surface area contributed by atoms with Gasteiger partial charge in [0, 0.05) is 12.1 Å². The van der Waals surface area contributed by atoms with E-state index in [0.29, 0.717) is 36.2 Å². The predicted molar refractivity (Wildman–Crippen MR) is 122 cm³/mol. The van der Waals surface area contributed by atoms with Gasteiger partial charge >= 0.3 is 6.09 Å². The van der Waals surface area contributed by atoms with Crippen molar-refractivity contribution in [2.24, 2.45) is 5.73 Å². The van der Waals surface area contributed by atoms with E-state index >= 15 is 0 Å². The summed E-state index contributed by atoms with van der Waals surface area (Å²) >= 11 is 0. The van der Waals surface area contributed by atoms with Crippen molar-refractivity contribution in [3.8, 4) is 22.9 Å². The number of fused-ring (bicyclic) bond motifs is 1. The first-order valence-corrected chi connectivity index (χ1v) is 10.8. The number of rotatable bonds is 5. The van der Waals surface area contributed by atoms with E-state index in [0.717, 1.165) is 16.7 Å². The van der Waals surface area contributed by atoms with Gasteiger partial charge in [-0.05, 0) is 49.8 Å². The fourth-order valence-electron chi connectivity index (χ4n) is 4.21. The van der Waals surface area contributed by atoms with Crippen LogP contribution in [0.5, 0.6) is 5.75 Å². The Morgan fingerprint density at radius 3 is 2.70 bits per heavy atom. The van der Waals surface area contributed by atoms with E-state index in [2.05, 4.69) is 11.2 Å². The summed E-state index contributed by atoms with van der Waals surface area (Å²) in [7, 11) is 0. The molecule has 1 aliphatic rings. The fourth-order valence-corrected chi connectivity index (χ4v) is 4.21. The number of ether oxygens (including phenoxy) is 1. The molecule has 2 atom stereocenters. The largest absolute Gasteiger partial charge is 0.489 e. The lowest BCUT2D eigenvalue weighted by atomic mass is 9.87. The average Bonchev–Trinajstić information content (AvgIpc) is 3.19. The van der Waals surface area contributed by atoms with Gasteiger partial charge in [-0.1, -0.05) is 24.3 Å². The lowest BCUT2D eigenvalue weighted by Crippen LogP contribution is -2.49. The molecule has 2 unspecified atom stereocenters. The Morgan fingerprint density at radius 1 is 1.36 bits per heavy atom. The van der Waals surface area contributed by atoms with Crippen molar-refractivity contribution in [2.75, 3.05) is 13.2 Å². The first kappa shape index (κ1) is 22.6. The Hall–Kier alpha value is -3.61. The lowest BCUT2D eigenvalue weighted by molar-refractivity contribution is 0.0283. The third-order valence-corrected chi connectivity index (χ3v) is 5.88. The highest BCUT2D eigenvalue weighted by molar-refractivity contribution is 5.85. The molecule has 4 rings (SSSR count). The van der Waals surface area contributed by atoms with E-state index in [1.807, 2.05) is 30.3 Å². The molecule has 4 N–H and O–H groups in total. The summed E-state index contributed by atoms with van der Waals surface area (Å²) in [6.45, 7) is 3.85. The Morgan fingerprint density at radius 2 is 2.09 bits per heavy atom. The summed E-state index contributed by atoms with van der Waals surface area (Å²) in [6, 6.07) is 12.0. The van der Waals surface area contributed by atoms with Gasteiger partial charge in [-0.2, -0.15) is 10.4 Å². The van der Waals surface area contributed by atoms with Gasteiger partial charge in [0.1, 0.15) is 18.4 Å². The van der Waals surface area contributed by atoms with Gasteiger partial charge in [0.25, 0.3) is 0 Å². The first-order chi connectivity index (χ1) is 15.7. The number of nitriles is 1. The monoisotopic (exact) mass is 449 g/mol. The molecule has 9 heteroatoms. The Balaban J connectivity index is 1.65. The molecule has 1 aromatic carbocycles. The third-order valence-electron chi connectivity index (χ3n) is 5.88. The second-order valence-electron chi connectivity index (χ2n) is 9.04. The molecule has 172 valence electrons. The highest BCUT2D eigenvalue weighted by Gasteiger charge is 2.29. The Kier molecular flexibility index (Phi) is 5.97. The molecule has 1 amide bonds. The number of carbonyl (C=O) groups is 1. The lowest BCUT2D eigenvalue weighted by Gasteiger charge is -2.35. The van der Waals surface area contributed by atoms with Gasteiger partial charge in [-0.15, -0.1) is 0 Å². The number of nitrogens with two attached hydrogens (primary N) is 1. The number of benzene rings is 1. The van der Waals surface area contributed by atoms with E-state index in [1.54, 1.807) is 24.6 Å². The smallest absolute Gasteiger partial charge is 0.408 e. The molecule has 1 fully saturated rings. The van der Waals surface area contributed by atoms with E-state index < -0.39 is 17.9 Å². The van der Waals surface area contributed by atoms with Gasteiger partial charge in [0.05, 0.1) is 35.2 Å². The number of aliphatic hydroxyl groups is 1. The highest BCUT2D eigenvalue weighted by Crippen LogP contribution is 2.34. The number of carboxylic acid groups (broad SMARTS) is 1. The molecule has 1 aliphatic heterocycles. The van der Waals surface area contributed by atoms with Gasteiger partial charge in [-0.3, -0.25) is 4.90 Å². The molecule has 1 saturated heterocycles. The van der Waals surface area contributed by atoms with Crippen LogP contribution in [-0.2, 0) is 0 Å². The van der Waals surface area contributed by atoms with E-state index in [4.69, 9.17) is 10.5 Å². The van der Waals surface area contributed by atoms with Crippen LogP contribution in [0.25, 0.3) is 16.6 Å². The molecule has 33 heavy (non-hydrogen) atoms. The van der Waals surface area contributed by atoms with E-state index in [9.17, 15) is 20.3 Å². The molecule has 3 heterocycles. The first-order valence-electron chi connectivity index (χ1n) is 10.8. The summed E-state index contributed by atoms with van der Waals surface area (Å²) in [5.74, 6) is 0.707. The SMILES string of the molecule is CC(C)(O)COc1cc(-c2ccc(C3CCN(C(=O)O)C(N)C3)cc2)c2c(C#N)cnn2c1. The normalized spacial score (nSPS) is 18.8. The highest BCUT2D eigenvalue weighted by atomic mass is 16.5. The van der Waals surface area contributed by atoms with E-state index in [-0.39, 0.29) is 12.5 Å². The number of pyridine rings is 1. The molecule has 0 bridgehead atoms. The molecule has 9 nitrogen and oxygen atoms in total. The number of nitrogens with zero attached hydrogens (tertiary/aromatic N) is 4. The topological polar surface area (TPSA) is 137 Å². The van der Waals surface area contributed by atoms with Crippen LogP contribution >= 0.6 is 0 Å². The summed E-state index contributed by atoms with van der Waals surface area (Å²) in [5.41, 5.74) is 8.98.